The smallest absolute Gasteiger partial charge is 0.312 e. The maximum atomic E-state index is 13.4. The van der Waals surface area contributed by atoms with E-state index in [4.69, 9.17) is 0 Å². The lowest BCUT2D eigenvalue weighted by molar-refractivity contribution is -0.135. The molecule has 31 heavy (non-hydrogen) atoms. The van der Waals surface area contributed by atoms with Gasteiger partial charge in [0.25, 0.3) is 5.91 Å². The summed E-state index contributed by atoms with van der Waals surface area (Å²) in [6, 6.07) is 19.9. The van der Waals surface area contributed by atoms with Gasteiger partial charge in [-0.15, -0.1) is 0 Å². The Hall–Kier alpha value is -3.25. The van der Waals surface area contributed by atoms with E-state index >= 15 is 0 Å². The molecule has 1 aromatic heterocycles. The second-order valence-corrected chi connectivity index (χ2v) is 8.56. The highest BCUT2D eigenvalue weighted by Crippen LogP contribution is 2.37. The second kappa shape index (κ2) is 7.78. The normalized spacial score (nSPS) is 19.0. The van der Waals surface area contributed by atoms with E-state index in [1.807, 2.05) is 42.6 Å². The summed E-state index contributed by atoms with van der Waals surface area (Å²) in [6.45, 7) is 2.74. The largest absolute Gasteiger partial charge is 0.327 e. The van der Waals surface area contributed by atoms with Gasteiger partial charge in [-0.3, -0.25) is 19.6 Å². The third-order valence-electron chi connectivity index (χ3n) is 6.74. The van der Waals surface area contributed by atoms with Crippen molar-refractivity contribution in [1.82, 2.24) is 19.7 Å². The Kier molecular flexibility index (Phi) is 4.94. The fourth-order valence-electron chi connectivity index (χ4n) is 4.86. The van der Waals surface area contributed by atoms with E-state index < -0.39 is 5.54 Å². The van der Waals surface area contributed by atoms with Gasteiger partial charge in [0.15, 0.2) is 0 Å². The van der Waals surface area contributed by atoms with Crippen LogP contribution in [-0.4, -0.2) is 57.3 Å². The van der Waals surface area contributed by atoms with Crippen LogP contribution >= 0.6 is 0 Å². The Morgan fingerprint density at radius 1 is 0.903 bits per heavy atom. The number of benzene rings is 2. The molecule has 6 nitrogen and oxygen atoms in total. The van der Waals surface area contributed by atoms with Gasteiger partial charge in [-0.25, -0.2) is 4.79 Å². The van der Waals surface area contributed by atoms with Crippen LogP contribution in [0.1, 0.15) is 24.0 Å². The van der Waals surface area contributed by atoms with Gasteiger partial charge in [-0.1, -0.05) is 42.5 Å². The van der Waals surface area contributed by atoms with E-state index in [9.17, 15) is 9.59 Å². The van der Waals surface area contributed by atoms with Gasteiger partial charge in [0.05, 0.1) is 12.1 Å². The third-order valence-corrected chi connectivity index (χ3v) is 6.74. The van der Waals surface area contributed by atoms with E-state index in [0.29, 0.717) is 19.4 Å². The highest BCUT2D eigenvalue weighted by Gasteiger charge is 2.56. The van der Waals surface area contributed by atoms with Crippen LogP contribution in [0.15, 0.2) is 66.9 Å². The minimum Gasteiger partial charge on any atom is -0.312 e. The molecule has 0 aliphatic carbocycles. The Balaban J connectivity index is 1.28. The molecule has 0 unspecified atom stereocenters. The number of hydrogen-bond acceptors (Lipinski definition) is 4. The second-order valence-electron chi connectivity index (χ2n) is 8.56. The highest BCUT2D eigenvalue weighted by atomic mass is 16.2. The van der Waals surface area contributed by atoms with Crippen molar-refractivity contribution in [2.45, 2.75) is 31.5 Å². The number of likely N-dealkylation sites (tertiary alicyclic amines) is 1. The predicted octanol–water partition coefficient (Wildman–Crippen LogP) is 3.66. The van der Waals surface area contributed by atoms with Gasteiger partial charge in [0.2, 0.25) is 0 Å². The molecule has 2 aliphatic heterocycles. The molecule has 5 rings (SSSR count). The zero-order valence-corrected chi connectivity index (χ0v) is 17.7. The maximum Gasteiger partial charge on any atom is 0.327 e. The van der Waals surface area contributed by atoms with Gasteiger partial charge in [-0.05, 0) is 42.2 Å². The third kappa shape index (κ3) is 3.47. The standard InChI is InChI=1S/C25H26N4O2/c1-27-24(31)29(18-19-6-3-2-4-7-19)23(30)25(27)11-14-28(15-12-25)17-20-9-10-22-21(16-20)8-5-13-26-22/h2-10,13,16H,11-12,14-15,17-18H2,1H3. The van der Waals surface area contributed by atoms with Crippen molar-refractivity contribution in [3.05, 3.63) is 78.0 Å². The molecule has 3 aromatic rings. The van der Waals surface area contributed by atoms with Crippen LogP contribution in [0.4, 0.5) is 4.79 Å². The molecule has 158 valence electrons. The zero-order valence-electron chi connectivity index (χ0n) is 17.7. The van der Waals surface area contributed by atoms with Crippen LogP contribution in [0.25, 0.3) is 10.9 Å². The Morgan fingerprint density at radius 2 is 1.68 bits per heavy atom. The molecular weight excluding hydrogens is 388 g/mol. The number of hydrogen-bond donors (Lipinski definition) is 0. The van der Waals surface area contributed by atoms with Crippen molar-refractivity contribution >= 4 is 22.8 Å². The zero-order chi connectivity index (χ0) is 21.4. The summed E-state index contributed by atoms with van der Waals surface area (Å²) in [5.41, 5.74) is 2.50. The van der Waals surface area contributed by atoms with Gasteiger partial charge in [0, 0.05) is 38.3 Å². The average Bonchev–Trinajstić information content (AvgIpc) is 2.97. The molecule has 2 fully saturated rings. The van der Waals surface area contributed by atoms with Crippen LogP contribution < -0.4 is 0 Å². The lowest BCUT2D eigenvalue weighted by atomic mass is 9.86. The number of carbonyl (C=O) groups excluding carboxylic acids is 2. The lowest BCUT2D eigenvalue weighted by Gasteiger charge is -2.40. The summed E-state index contributed by atoms with van der Waals surface area (Å²) in [5, 5.41) is 1.14. The number of piperidine rings is 1. The summed E-state index contributed by atoms with van der Waals surface area (Å²) in [6.07, 6.45) is 3.13. The number of amides is 3. The fraction of sp³-hybridized carbons (Fsp3) is 0.320. The van der Waals surface area contributed by atoms with Crippen LogP contribution in [0, 0.1) is 0 Å². The number of carbonyl (C=O) groups is 2. The Morgan fingerprint density at radius 3 is 2.45 bits per heavy atom. The minimum absolute atomic E-state index is 0.0553. The highest BCUT2D eigenvalue weighted by molar-refractivity contribution is 6.06. The van der Waals surface area contributed by atoms with E-state index in [-0.39, 0.29) is 11.9 Å². The summed E-state index contributed by atoms with van der Waals surface area (Å²) >= 11 is 0. The molecule has 2 saturated heterocycles. The summed E-state index contributed by atoms with van der Waals surface area (Å²) in [7, 11) is 1.78. The number of nitrogens with zero attached hydrogens (tertiary/aromatic N) is 4. The van der Waals surface area contributed by atoms with Crippen LogP contribution in [0.5, 0.6) is 0 Å². The minimum atomic E-state index is -0.713. The van der Waals surface area contributed by atoms with Crippen molar-refractivity contribution in [1.29, 1.82) is 0 Å². The van der Waals surface area contributed by atoms with Gasteiger partial charge >= 0.3 is 6.03 Å². The molecule has 0 atom stereocenters. The number of rotatable bonds is 4. The molecule has 0 saturated carbocycles. The fourth-order valence-corrected chi connectivity index (χ4v) is 4.86. The first-order valence-electron chi connectivity index (χ1n) is 10.8. The van der Waals surface area contributed by atoms with Crippen molar-refractivity contribution in [2.24, 2.45) is 0 Å². The van der Waals surface area contributed by atoms with E-state index in [0.717, 1.165) is 36.1 Å². The number of fused-ring (bicyclic) bond motifs is 1. The lowest BCUT2D eigenvalue weighted by Crippen LogP contribution is -2.55. The van der Waals surface area contributed by atoms with Crippen LogP contribution in [-0.2, 0) is 17.9 Å². The molecular formula is C25H26N4O2. The molecule has 6 heteroatoms. The first-order chi connectivity index (χ1) is 15.1. The first-order valence-corrected chi connectivity index (χ1v) is 10.8. The molecule has 2 aliphatic rings. The number of imide groups is 1. The predicted molar refractivity (Wildman–Crippen MR) is 119 cm³/mol. The van der Waals surface area contributed by atoms with Gasteiger partial charge in [0.1, 0.15) is 5.54 Å². The van der Waals surface area contributed by atoms with Crippen molar-refractivity contribution in [2.75, 3.05) is 20.1 Å². The average molecular weight is 415 g/mol. The van der Waals surface area contributed by atoms with Crippen LogP contribution in [0.2, 0.25) is 0 Å². The van der Waals surface area contributed by atoms with Gasteiger partial charge < -0.3 is 4.90 Å². The molecule has 2 aromatic carbocycles. The Labute approximate surface area is 182 Å². The van der Waals surface area contributed by atoms with Crippen molar-refractivity contribution in [3.63, 3.8) is 0 Å². The number of likely N-dealkylation sites (N-methyl/N-ethyl adjacent to an activating group) is 1. The topological polar surface area (TPSA) is 56.8 Å². The molecule has 3 heterocycles. The molecule has 3 amide bonds. The number of urea groups is 1. The van der Waals surface area contributed by atoms with Crippen molar-refractivity contribution in [3.8, 4) is 0 Å². The first kappa shape index (κ1) is 19.7. The molecule has 0 N–H and O–H groups in total. The molecule has 0 radical (unpaired) electrons. The SMILES string of the molecule is CN1C(=O)N(Cc2ccccc2)C(=O)C12CCN(Cc1ccc3ncccc3c1)CC2. The number of aromatic nitrogens is 1. The quantitative estimate of drug-likeness (QED) is 0.612. The van der Waals surface area contributed by atoms with Gasteiger partial charge in [-0.2, -0.15) is 0 Å². The summed E-state index contributed by atoms with van der Waals surface area (Å²) < 4.78 is 0. The van der Waals surface area contributed by atoms with Crippen molar-refractivity contribution < 1.29 is 9.59 Å². The monoisotopic (exact) mass is 414 g/mol. The Bertz CT molecular complexity index is 1120. The summed E-state index contributed by atoms with van der Waals surface area (Å²) in [5.74, 6) is -0.0553. The van der Waals surface area contributed by atoms with E-state index in [1.54, 1.807) is 11.9 Å². The maximum absolute atomic E-state index is 13.4. The summed E-state index contributed by atoms with van der Waals surface area (Å²) in [4.78, 5) is 36.1. The number of pyridine rings is 1. The van der Waals surface area contributed by atoms with Crippen LogP contribution in [0.3, 0.4) is 0 Å². The van der Waals surface area contributed by atoms with E-state index in [2.05, 4.69) is 34.1 Å². The molecule has 1 spiro atoms. The molecule has 0 bridgehead atoms. The van der Waals surface area contributed by atoms with E-state index in [1.165, 1.54) is 10.5 Å².